The summed E-state index contributed by atoms with van der Waals surface area (Å²) in [6.45, 7) is 1.58. The lowest BCUT2D eigenvalue weighted by atomic mass is 10.0. The number of carbonyl (C=O) groups is 1. The Labute approximate surface area is 90.8 Å². The van der Waals surface area contributed by atoms with Crippen molar-refractivity contribution in [1.29, 1.82) is 0 Å². The molecule has 0 bridgehead atoms. The van der Waals surface area contributed by atoms with Crippen molar-refractivity contribution in [2.45, 2.75) is 37.8 Å². The van der Waals surface area contributed by atoms with Crippen molar-refractivity contribution < 1.29 is 9.53 Å². The fourth-order valence-corrected chi connectivity index (χ4v) is 2.65. The first-order chi connectivity index (χ1) is 7.22. The van der Waals surface area contributed by atoms with Crippen LogP contribution in [-0.2, 0) is 9.53 Å². The van der Waals surface area contributed by atoms with Crippen molar-refractivity contribution in [3.63, 3.8) is 0 Å². The average molecular weight is 212 g/mol. The third-order valence-corrected chi connectivity index (χ3v) is 3.68. The molecule has 2 fully saturated rings. The zero-order chi connectivity index (χ0) is 10.8. The van der Waals surface area contributed by atoms with Gasteiger partial charge in [-0.3, -0.25) is 4.79 Å². The summed E-state index contributed by atoms with van der Waals surface area (Å²) < 4.78 is 5.26. The summed E-state index contributed by atoms with van der Waals surface area (Å²) in [7, 11) is 1.71. The van der Waals surface area contributed by atoms with Crippen LogP contribution < -0.4 is 5.73 Å². The fourth-order valence-electron chi connectivity index (χ4n) is 2.65. The van der Waals surface area contributed by atoms with Crippen molar-refractivity contribution in [1.82, 2.24) is 4.90 Å². The van der Waals surface area contributed by atoms with Gasteiger partial charge in [0.15, 0.2) is 0 Å². The zero-order valence-electron chi connectivity index (χ0n) is 9.32. The van der Waals surface area contributed by atoms with Gasteiger partial charge in [0.25, 0.3) is 0 Å². The van der Waals surface area contributed by atoms with Crippen molar-refractivity contribution >= 4 is 5.91 Å². The number of amides is 1. The summed E-state index contributed by atoms with van der Waals surface area (Å²) in [5.74, 6) is 0.320. The van der Waals surface area contributed by atoms with Crippen LogP contribution in [0.25, 0.3) is 0 Å². The third-order valence-electron chi connectivity index (χ3n) is 3.68. The highest BCUT2D eigenvalue weighted by molar-refractivity contribution is 5.80. The van der Waals surface area contributed by atoms with E-state index in [9.17, 15) is 4.79 Å². The number of nitrogens with two attached hydrogens (primary N) is 1. The number of likely N-dealkylation sites (tertiary alicyclic amines) is 1. The second kappa shape index (κ2) is 4.49. The van der Waals surface area contributed by atoms with Gasteiger partial charge in [0.1, 0.15) is 0 Å². The van der Waals surface area contributed by atoms with E-state index in [1.807, 2.05) is 4.90 Å². The van der Waals surface area contributed by atoms with Gasteiger partial charge in [0.2, 0.25) is 5.91 Å². The van der Waals surface area contributed by atoms with Gasteiger partial charge in [-0.25, -0.2) is 0 Å². The number of hydrogen-bond acceptors (Lipinski definition) is 3. The quantitative estimate of drug-likeness (QED) is 0.719. The smallest absolute Gasteiger partial charge is 0.227 e. The first-order valence-electron chi connectivity index (χ1n) is 5.79. The number of hydrogen-bond donors (Lipinski definition) is 1. The van der Waals surface area contributed by atoms with Crippen molar-refractivity contribution in [3.05, 3.63) is 0 Å². The van der Waals surface area contributed by atoms with E-state index in [1.54, 1.807) is 7.11 Å². The number of nitrogens with zero attached hydrogens (tertiary/aromatic N) is 1. The Bertz CT molecular complexity index is 245. The van der Waals surface area contributed by atoms with Gasteiger partial charge >= 0.3 is 0 Å². The molecule has 0 radical (unpaired) electrons. The van der Waals surface area contributed by atoms with Crippen LogP contribution in [0.2, 0.25) is 0 Å². The molecule has 2 N–H and O–H groups in total. The molecule has 2 unspecified atom stereocenters. The van der Waals surface area contributed by atoms with Gasteiger partial charge in [-0.2, -0.15) is 0 Å². The minimum absolute atomic E-state index is 0.0700. The number of rotatable bonds is 2. The predicted octanol–water partition coefficient (Wildman–Crippen LogP) is 0.361. The van der Waals surface area contributed by atoms with Crippen LogP contribution in [0.1, 0.15) is 25.7 Å². The fraction of sp³-hybridized carbons (Fsp3) is 0.909. The molecule has 1 aliphatic carbocycles. The first-order valence-corrected chi connectivity index (χ1v) is 5.79. The van der Waals surface area contributed by atoms with E-state index in [-0.39, 0.29) is 24.0 Å². The maximum absolute atomic E-state index is 12.1. The van der Waals surface area contributed by atoms with E-state index >= 15 is 0 Å². The number of carbonyl (C=O) groups excluding carboxylic acids is 1. The minimum Gasteiger partial charge on any atom is -0.380 e. The van der Waals surface area contributed by atoms with Gasteiger partial charge < -0.3 is 15.4 Å². The Morgan fingerprint density at radius 3 is 2.73 bits per heavy atom. The van der Waals surface area contributed by atoms with Crippen LogP contribution >= 0.6 is 0 Å². The van der Waals surface area contributed by atoms with Crippen LogP contribution in [-0.4, -0.2) is 43.2 Å². The predicted molar refractivity (Wildman–Crippen MR) is 57.3 cm³/mol. The van der Waals surface area contributed by atoms with Gasteiger partial charge in [-0.1, -0.05) is 6.42 Å². The molecule has 0 spiro atoms. The topological polar surface area (TPSA) is 55.6 Å². The highest BCUT2D eigenvalue weighted by atomic mass is 16.5. The Morgan fingerprint density at radius 1 is 1.40 bits per heavy atom. The molecule has 4 heteroatoms. The standard InChI is InChI=1S/C11H20N2O2/c1-15-8-5-6-13(7-8)11(14)9-3-2-4-10(9)12/h8-10H,2-7,12H2,1H3/t8-,9?,10?/m0/s1. The molecule has 86 valence electrons. The number of methoxy groups -OCH3 is 1. The maximum Gasteiger partial charge on any atom is 0.227 e. The summed E-state index contributed by atoms with van der Waals surface area (Å²) in [5.41, 5.74) is 5.94. The van der Waals surface area contributed by atoms with Crippen molar-refractivity contribution in [2.75, 3.05) is 20.2 Å². The first kappa shape index (κ1) is 10.9. The molecule has 4 nitrogen and oxygen atoms in total. The van der Waals surface area contributed by atoms with Gasteiger partial charge in [-0.15, -0.1) is 0 Å². The molecule has 15 heavy (non-hydrogen) atoms. The maximum atomic E-state index is 12.1. The van der Waals surface area contributed by atoms with Gasteiger partial charge in [0, 0.05) is 26.2 Å². The average Bonchev–Trinajstić information content (AvgIpc) is 2.84. The molecule has 1 amide bonds. The molecule has 2 rings (SSSR count). The second-order valence-corrected chi connectivity index (χ2v) is 4.63. The summed E-state index contributed by atoms with van der Waals surface area (Å²) >= 11 is 0. The van der Waals surface area contributed by atoms with Gasteiger partial charge in [0.05, 0.1) is 12.0 Å². The van der Waals surface area contributed by atoms with E-state index in [0.29, 0.717) is 0 Å². The molecular formula is C11H20N2O2. The van der Waals surface area contributed by atoms with E-state index in [0.717, 1.165) is 38.8 Å². The number of ether oxygens (including phenoxy) is 1. The Kier molecular flexibility index (Phi) is 3.26. The normalized spacial score (nSPS) is 36.1. The highest BCUT2D eigenvalue weighted by Crippen LogP contribution is 2.27. The van der Waals surface area contributed by atoms with Crippen LogP contribution in [0, 0.1) is 5.92 Å². The van der Waals surface area contributed by atoms with E-state index in [2.05, 4.69) is 0 Å². The molecule has 3 atom stereocenters. The minimum atomic E-state index is 0.0700. The largest absolute Gasteiger partial charge is 0.380 e. The summed E-state index contributed by atoms with van der Waals surface area (Å²) in [6, 6.07) is 0.0825. The lowest BCUT2D eigenvalue weighted by Gasteiger charge is -2.22. The second-order valence-electron chi connectivity index (χ2n) is 4.63. The molecule has 0 aromatic carbocycles. The Morgan fingerprint density at radius 2 is 2.20 bits per heavy atom. The molecule has 1 aliphatic heterocycles. The van der Waals surface area contributed by atoms with Gasteiger partial charge in [-0.05, 0) is 19.3 Å². The van der Waals surface area contributed by atoms with Crippen molar-refractivity contribution in [3.8, 4) is 0 Å². The lowest BCUT2D eigenvalue weighted by molar-refractivity contribution is -0.135. The van der Waals surface area contributed by atoms with Crippen molar-refractivity contribution in [2.24, 2.45) is 11.7 Å². The van der Waals surface area contributed by atoms with E-state index in [4.69, 9.17) is 10.5 Å². The molecule has 0 aromatic rings. The Hall–Kier alpha value is -0.610. The molecular weight excluding hydrogens is 192 g/mol. The molecule has 1 heterocycles. The highest BCUT2D eigenvalue weighted by Gasteiger charge is 2.36. The van der Waals surface area contributed by atoms with E-state index in [1.165, 1.54) is 0 Å². The Balaban J connectivity index is 1.91. The molecule has 1 saturated carbocycles. The molecule has 1 saturated heterocycles. The van der Waals surface area contributed by atoms with Crippen LogP contribution in [0.4, 0.5) is 0 Å². The van der Waals surface area contributed by atoms with Crippen LogP contribution in [0.15, 0.2) is 0 Å². The lowest BCUT2D eigenvalue weighted by Crippen LogP contribution is -2.41. The van der Waals surface area contributed by atoms with Crippen LogP contribution in [0.5, 0.6) is 0 Å². The molecule has 0 aromatic heterocycles. The summed E-state index contributed by atoms with van der Waals surface area (Å²) in [5, 5.41) is 0. The SMILES string of the molecule is CO[C@H]1CCN(C(=O)C2CCCC2N)C1. The molecule has 2 aliphatic rings. The van der Waals surface area contributed by atoms with E-state index < -0.39 is 0 Å². The van der Waals surface area contributed by atoms with Crippen LogP contribution in [0.3, 0.4) is 0 Å². The monoisotopic (exact) mass is 212 g/mol. The summed E-state index contributed by atoms with van der Waals surface area (Å²) in [6.07, 6.45) is 4.25. The zero-order valence-corrected chi connectivity index (χ0v) is 9.32. The summed E-state index contributed by atoms with van der Waals surface area (Å²) in [4.78, 5) is 14.0. The third kappa shape index (κ3) is 2.16.